The van der Waals surface area contributed by atoms with Crippen molar-refractivity contribution < 1.29 is 0 Å². The van der Waals surface area contributed by atoms with Crippen molar-refractivity contribution in [2.45, 2.75) is 10.1 Å². The summed E-state index contributed by atoms with van der Waals surface area (Å²) in [5.41, 5.74) is 2.44. The third-order valence-corrected chi connectivity index (χ3v) is 4.33. The van der Waals surface area contributed by atoms with E-state index in [9.17, 15) is 0 Å². The third-order valence-electron chi connectivity index (χ3n) is 2.04. The molecule has 1 aromatic carbocycles. The summed E-state index contributed by atoms with van der Waals surface area (Å²) in [6.45, 7) is 3.81. The van der Waals surface area contributed by atoms with Crippen LogP contribution in [0.25, 0.3) is 6.08 Å². The van der Waals surface area contributed by atoms with Crippen LogP contribution in [-0.4, -0.2) is 10.2 Å². The molecule has 2 nitrogen and oxygen atoms in total. The van der Waals surface area contributed by atoms with E-state index in [4.69, 9.17) is 12.2 Å². The third kappa shape index (κ3) is 2.81. The minimum atomic E-state index is 0.722. The smallest absolute Gasteiger partial charge is 0.177 e. The normalized spacial score (nSPS) is 10.2. The summed E-state index contributed by atoms with van der Waals surface area (Å²) >= 11 is 8.17. The Morgan fingerprint density at radius 3 is 3.00 bits per heavy atom. The topological polar surface area (TPSA) is 28.7 Å². The first-order valence-corrected chi connectivity index (χ1v) is 6.89. The largest absolute Gasteiger partial charge is 0.257 e. The van der Waals surface area contributed by atoms with Crippen molar-refractivity contribution >= 4 is 41.4 Å². The predicted octanol–water partition coefficient (Wildman–Crippen LogP) is 4.14. The molecule has 1 aromatic heterocycles. The lowest BCUT2D eigenvalue weighted by atomic mass is 10.1. The van der Waals surface area contributed by atoms with Crippen molar-refractivity contribution in [1.82, 2.24) is 10.2 Å². The van der Waals surface area contributed by atoms with Gasteiger partial charge in [-0.25, -0.2) is 0 Å². The van der Waals surface area contributed by atoms with Crippen LogP contribution in [0.3, 0.4) is 0 Å². The van der Waals surface area contributed by atoms with Crippen LogP contribution in [-0.2, 0) is 5.75 Å². The highest BCUT2D eigenvalue weighted by Gasteiger charge is 2.02. The lowest BCUT2D eigenvalue weighted by Crippen LogP contribution is -1.85. The minimum absolute atomic E-state index is 0.722. The summed E-state index contributed by atoms with van der Waals surface area (Å²) in [5, 5.41) is 6.89. The maximum atomic E-state index is 4.98. The van der Waals surface area contributed by atoms with Crippen LogP contribution < -0.4 is 0 Å². The fraction of sp³-hybridized carbons (Fsp3) is 0.0909. The number of benzene rings is 1. The molecule has 0 amide bonds. The van der Waals surface area contributed by atoms with E-state index < -0.39 is 0 Å². The molecule has 16 heavy (non-hydrogen) atoms. The molecule has 2 aromatic rings. The van der Waals surface area contributed by atoms with Crippen molar-refractivity contribution in [3.05, 3.63) is 45.9 Å². The Bertz CT molecular complexity index is 542. The van der Waals surface area contributed by atoms with E-state index >= 15 is 0 Å². The highest BCUT2D eigenvalue weighted by atomic mass is 32.2. The van der Waals surface area contributed by atoms with Gasteiger partial charge in [0.1, 0.15) is 0 Å². The van der Waals surface area contributed by atoms with Gasteiger partial charge >= 0.3 is 0 Å². The van der Waals surface area contributed by atoms with Crippen molar-refractivity contribution in [2.75, 3.05) is 0 Å². The molecule has 0 unspecified atom stereocenters. The maximum absolute atomic E-state index is 4.98. The van der Waals surface area contributed by atoms with Crippen LogP contribution in [0.1, 0.15) is 11.1 Å². The molecule has 82 valence electrons. The van der Waals surface area contributed by atoms with E-state index in [0.717, 1.165) is 14.0 Å². The number of hydrogen-bond donors (Lipinski definition) is 1. The standard InChI is InChI=1S/C11H10N2S3/c1-2-8-5-3-4-6-9(8)7-15-11-13-12-10(14)16-11/h2-6H,1,7H2,(H,12,14). The van der Waals surface area contributed by atoms with Crippen molar-refractivity contribution in [3.8, 4) is 0 Å². The fourth-order valence-corrected chi connectivity index (χ4v) is 3.38. The molecular formula is C11H10N2S3. The Morgan fingerprint density at radius 1 is 1.50 bits per heavy atom. The molecule has 0 saturated carbocycles. The second-order valence-electron chi connectivity index (χ2n) is 3.07. The number of rotatable bonds is 4. The van der Waals surface area contributed by atoms with E-state index in [1.165, 1.54) is 22.5 Å². The maximum Gasteiger partial charge on any atom is 0.177 e. The first-order valence-electron chi connectivity index (χ1n) is 4.68. The van der Waals surface area contributed by atoms with Gasteiger partial charge in [0.25, 0.3) is 0 Å². The number of thioether (sulfide) groups is 1. The Morgan fingerprint density at radius 2 is 2.31 bits per heavy atom. The van der Waals surface area contributed by atoms with Gasteiger partial charge < -0.3 is 0 Å². The summed E-state index contributed by atoms with van der Waals surface area (Å²) < 4.78 is 1.70. The average molecular weight is 266 g/mol. The first-order chi connectivity index (χ1) is 7.79. The Labute approximate surface area is 107 Å². The van der Waals surface area contributed by atoms with E-state index in [-0.39, 0.29) is 0 Å². The van der Waals surface area contributed by atoms with Gasteiger partial charge in [0.15, 0.2) is 8.29 Å². The van der Waals surface area contributed by atoms with Crippen LogP contribution in [0.15, 0.2) is 35.2 Å². The summed E-state index contributed by atoms with van der Waals surface area (Å²) in [6, 6.07) is 8.23. The minimum Gasteiger partial charge on any atom is -0.257 e. The Hall–Kier alpha value is -0.910. The lowest BCUT2D eigenvalue weighted by molar-refractivity contribution is 1.00. The highest BCUT2D eigenvalue weighted by Crippen LogP contribution is 2.26. The molecule has 1 N–H and O–H groups in total. The summed E-state index contributed by atoms with van der Waals surface area (Å²) in [6.07, 6.45) is 1.88. The number of aromatic amines is 1. The summed E-state index contributed by atoms with van der Waals surface area (Å²) in [5.74, 6) is 0.887. The number of aromatic nitrogens is 2. The van der Waals surface area contributed by atoms with Gasteiger partial charge in [-0.3, -0.25) is 5.10 Å². The quantitative estimate of drug-likeness (QED) is 0.666. The van der Waals surface area contributed by atoms with Crippen molar-refractivity contribution in [2.24, 2.45) is 0 Å². The summed E-state index contributed by atoms with van der Waals surface area (Å²) in [7, 11) is 0. The van der Waals surface area contributed by atoms with Crippen molar-refractivity contribution in [3.63, 3.8) is 0 Å². The van der Waals surface area contributed by atoms with Crippen molar-refractivity contribution in [1.29, 1.82) is 0 Å². The van der Waals surface area contributed by atoms with Gasteiger partial charge in [-0.15, -0.1) is 0 Å². The van der Waals surface area contributed by atoms with Gasteiger partial charge in [-0.2, -0.15) is 5.10 Å². The molecule has 0 radical (unpaired) electrons. The monoisotopic (exact) mass is 266 g/mol. The van der Waals surface area contributed by atoms with E-state index in [1.54, 1.807) is 11.8 Å². The highest BCUT2D eigenvalue weighted by molar-refractivity contribution is 8.00. The number of H-pyrrole nitrogens is 1. The van der Waals surface area contributed by atoms with Gasteiger partial charge in [-0.1, -0.05) is 60.0 Å². The molecule has 1 heterocycles. The van der Waals surface area contributed by atoms with Gasteiger partial charge in [0.2, 0.25) is 0 Å². The van der Waals surface area contributed by atoms with Gasteiger partial charge in [0.05, 0.1) is 0 Å². The predicted molar refractivity (Wildman–Crippen MR) is 73.4 cm³/mol. The van der Waals surface area contributed by atoms with E-state index in [0.29, 0.717) is 0 Å². The zero-order chi connectivity index (χ0) is 11.4. The number of nitrogens with zero attached hydrogens (tertiary/aromatic N) is 1. The molecule has 0 fully saturated rings. The zero-order valence-corrected chi connectivity index (χ0v) is 10.9. The van der Waals surface area contributed by atoms with Crippen LogP contribution in [0, 0.1) is 3.95 Å². The van der Waals surface area contributed by atoms with Gasteiger partial charge in [0, 0.05) is 5.75 Å². The summed E-state index contributed by atoms with van der Waals surface area (Å²) in [4.78, 5) is 0. The van der Waals surface area contributed by atoms with Crippen LogP contribution in [0.4, 0.5) is 0 Å². The second kappa shape index (κ2) is 5.43. The first kappa shape index (κ1) is 11.6. The lowest BCUT2D eigenvalue weighted by Gasteiger charge is -2.03. The molecule has 0 aliphatic carbocycles. The van der Waals surface area contributed by atoms with E-state index in [1.807, 2.05) is 18.2 Å². The van der Waals surface area contributed by atoms with Crippen LogP contribution >= 0.6 is 35.3 Å². The fourth-order valence-electron chi connectivity index (χ4n) is 1.28. The molecule has 0 spiro atoms. The van der Waals surface area contributed by atoms with Crippen LogP contribution in [0.2, 0.25) is 0 Å². The molecule has 2 rings (SSSR count). The van der Waals surface area contributed by atoms with Gasteiger partial charge in [-0.05, 0) is 23.3 Å². The molecule has 0 bridgehead atoms. The van der Waals surface area contributed by atoms with Crippen LogP contribution in [0.5, 0.6) is 0 Å². The SMILES string of the molecule is C=Cc1ccccc1CSc1n[nH]c(=S)s1. The zero-order valence-electron chi connectivity index (χ0n) is 8.47. The molecule has 0 atom stereocenters. The second-order valence-corrected chi connectivity index (χ2v) is 5.96. The molecule has 5 heteroatoms. The Kier molecular flexibility index (Phi) is 3.93. The Balaban J connectivity index is 2.10. The van der Waals surface area contributed by atoms with E-state index in [2.05, 4.69) is 28.9 Å². The molecule has 0 aliphatic heterocycles. The number of nitrogens with one attached hydrogen (secondary N) is 1. The molecular weight excluding hydrogens is 256 g/mol. The molecule has 0 saturated heterocycles. The molecule has 0 aliphatic rings. The number of hydrogen-bond acceptors (Lipinski definition) is 4. The average Bonchev–Trinajstić information content (AvgIpc) is 2.73.